The maximum absolute atomic E-state index is 13.4. The van der Waals surface area contributed by atoms with Gasteiger partial charge in [-0.15, -0.1) is 0 Å². The molecule has 2 aromatic heterocycles. The summed E-state index contributed by atoms with van der Waals surface area (Å²) in [6, 6.07) is 22.0. The monoisotopic (exact) mass is 595 g/mol. The van der Waals surface area contributed by atoms with Crippen LogP contribution in [0.4, 0.5) is 4.39 Å². The Morgan fingerprint density at radius 3 is 2.26 bits per heavy atom. The van der Waals surface area contributed by atoms with Crippen molar-refractivity contribution in [1.82, 2.24) is 24.4 Å². The van der Waals surface area contributed by atoms with Crippen molar-refractivity contribution in [3.05, 3.63) is 148 Å². The number of aliphatic carboxylic acids is 1. The highest BCUT2D eigenvalue weighted by atomic mass is 32.2. The van der Waals surface area contributed by atoms with Crippen LogP contribution in [0.25, 0.3) is 5.69 Å². The Hall–Kier alpha value is -5.16. The maximum Gasteiger partial charge on any atom is 0.323 e. The second-order valence-electron chi connectivity index (χ2n) is 9.65. The lowest BCUT2D eigenvalue weighted by atomic mass is 10.1. The summed E-state index contributed by atoms with van der Waals surface area (Å²) in [7, 11) is 0. The zero-order valence-corrected chi connectivity index (χ0v) is 23.7. The molecule has 2 heterocycles. The molecule has 0 unspecified atom stereocenters. The van der Waals surface area contributed by atoms with Crippen LogP contribution in [0.3, 0.4) is 0 Å². The molecule has 0 saturated heterocycles. The minimum atomic E-state index is -1.11. The Morgan fingerprint density at radius 1 is 0.884 bits per heavy atom. The van der Waals surface area contributed by atoms with E-state index < -0.39 is 24.0 Å². The molecule has 0 fully saturated rings. The molecule has 3 aromatic carbocycles. The van der Waals surface area contributed by atoms with Crippen LogP contribution in [0.1, 0.15) is 32.6 Å². The zero-order chi connectivity index (χ0) is 30.2. The number of nitrogens with zero attached hydrogens (tertiary/aromatic N) is 5. The summed E-state index contributed by atoms with van der Waals surface area (Å²) < 4.78 is 15.2. The summed E-state index contributed by atoms with van der Waals surface area (Å²) in [5.74, 6) is -1.43. The van der Waals surface area contributed by atoms with Crippen molar-refractivity contribution in [2.45, 2.75) is 23.9 Å². The van der Waals surface area contributed by atoms with Crippen LogP contribution >= 0.6 is 11.8 Å². The van der Waals surface area contributed by atoms with Crippen molar-refractivity contribution < 1.29 is 19.1 Å². The quantitative estimate of drug-likeness (QED) is 0.171. The van der Waals surface area contributed by atoms with Gasteiger partial charge in [-0.25, -0.2) is 14.4 Å². The summed E-state index contributed by atoms with van der Waals surface area (Å²) in [4.78, 5) is 51.6. The van der Waals surface area contributed by atoms with Gasteiger partial charge in [-0.05, 0) is 53.1 Å². The van der Waals surface area contributed by atoms with Gasteiger partial charge in [-0.2, -0.15) is 4.98 Å². The maximum atomic E-state index is 13.4. The Labute approximate surface area is 250 Å². The standard InChI is InChI=1S/C32H26FN5O4S/c33-27-10-6-23(7-11-27)20-43-32-36-30(41)26(14-24-15-34-21-35-16-24)18-38(32)28-12-8-25(9-13-28)31(42)37(19-29(39)40)17-22-4-2-1-3-5-22/h1-13,15-16,18,21H,14,17,19-20H2,(H,39,40). The van der Waals surface area contributed by atoms with Gasteiger partial charge in [0.2, 0.25) is 0 Å². The molecule has 5 rings (SSSR count). The fourth-order valence-corrected chi connectivity index (χ4v) is 5.30. The van der Waals surface area contributed by atoms with Crippen LogP contribution in [0, 0.1) is 5.82 Å². The van der Waals surface area contributed by atoms with Crippen LogP contribution in [-0.4, -0.2) is 47.9 Å². The first-order chi connectivity index (χ1) is 20.9. The number of amides is 1. The summed E-state index contributed by atoms with van der Waals surface area (Å²) in [5.41, 5.74) is 3.41. The van der Waals surface area contributed by atoms with E-state index in [1.165, 1.54) is 35.1 Å². The molecule has 43 heavy (non-hydrogen) atoms. The Balaban J connectivity index is 1.45. The molecular formula is C32H26FN5O4S. The molecule has 5 aromatic rings. The number of aromatic nitrogens is 4. The number of thioether (sulfide) groups is 1. The molecule has 1 amide bonds. The molecule has 216 valence electrons. The number of hydrogen-bond acceptors (Lipinski definition) is 7. The van der Waals surface area contributed by atoms with Crippen LogP contribution < -0.4 is 5.56 Å². The highest BCUT2D eigenvalue weighted by Gasteiger charge is 2.20. The van der Waals surface area contributed by atoms with E-state index in [0.29, 0.717) is 27.7 Å². The molecule has 9 nitrogen and oxygen atoms in total. The predicted octanol–water partition coefficient (Wildman–Crippen LogP) is 4.77. The SMILES string of the molecule is O=C(O)CN(Cc1ccccc1)C(=O)c1ccc(-n2cc(Cc3cncnc3)c(=O)nc2SCc2ccc(F)cc2)cc1. The Morgan fingerprint density at radius 2 is 1.58 bits per heavy atom. The molecule has 0 atom stereocenters. The van der Waals surface area contributed by atoms with E-state index in [2.05, 4.69) is 15.0 Å². The average Bonchev–Trinajstić information content (AvgIpc) is 3.02. The van der Waals surface area contributed by atoms with Gasteiger partial charge in [0.1, 0.15) is 18.7 Å². The number of hydrogen-bond donors (Lipinski definition) is 1. The third kappa shape index (κ3) is 7.77. The van der Waals surface area contributed by atoms with Gasteiger partial charge in [-0.3, -0.25) is 19.0 Å². The van der Waals surface area contributed by atoms with Crippen molar-refractivity contribution in [3.63, 3.8) is 0 Å². The number of carboxylic acids is 1. The van der Waals surface area contributed by atoms with Crippen LogP contribution in [-0.2, 0) is 23.5 Å². The molecule has 1 N–H and O–H groups in total. The van der Waals surface area contributed by atoms with Crippen molar-refractivity contribution in [1.29, 1.82) is 0 Å². The molecule has 0 aliphatic rings. The number of benzene rings is 3. The largest absolute Gasteiger partial charge is 0.480 e. The van der Waals surface area contributed by atoms with Crippen molar-refractivity contribution in [2.75, 3.05) is 6.54 Å². The van der Waals surface area contributed by atoms with Gasteiger partial charge < -0.3 is 10.0 Å². The first kappa shape index (κ1) is 29.3. The number of carbonyl (C=O) groups is 2. The van der Waals surface area contributed by atoms with Gasteiger partial charge in [-0.1, -0.05) is 54.2 Å². The van der Waals surface area contributed by atoms with E-state index in [0.717, 1.165) is 16.7 Å². The van der Waals surface area contributed by atoms with E-state index in [1.807, 2.05) is 30.3 Å². The highest BCUT2D eigenvalue weighted by Crippen LogP contribution is 2.25. The molecule has 0 bridgehead atoms. The first-order valence-electron chi connectivity index (χ1n) is 13.2. The molecular weight excluding hydrogens is 569 g/mol. The molecule has 0 aliphatic carbocycles. The van der Waals surface area contributed by atoms with Crippen molar-refractivity contribution >= 4 is 23.6 Å². The number of carboxylic acid groups (broad SMARTS) is 1. The van der Waals surface area contributed by atoms with E-state index in [4.69, 9.17) is 0 Å². The fraction of sp³-hybridized carbons (Fsp3) is 0.125. The van der Waals surface area contributed by atoms with E-state index in [-0.39, 0.29) is 18.8 Å². The van der Waals surface area contributed by atoms with E-state index >= 15 is 0 Å². The van der Waals surface area contributed by atoms with Gasteiger partial charge in [0.15, 0.2) is 5.16 Å². The minimum Gasteiger partial charge on any atom is -0.480 e. The third-order valence-corrected chi connectivity index (χ3v) is 7.50. The number of carbonyl (C=O) groups excluding carboxylic acids is 1. The Kier molecular flexibility index (Phi) is 9.33. The number of halogens is 1. The predicted molar refractivity (Wildman–Crippen MR) is 159 cm³/mol. The summed E-state index contributed by atoms with van der Waals surface area (Å²) in [6.07, 6.45) is 6.66. The zero-order valence-electron chi connectivity index (χ0n) is 22.8. The van der Waals surface area contributed by atoms with Crippen LogP contribution in [0.2, 0.25) is 0 Å². The fourth-order valence-electron chi connectivity index (χ4n) is 4.37. The topological polar surface area (TPSA) is 118 Å². The van der Waals surface area contributed by atoms with Crippen LogP contribution in [0.5, 0.6) is 0 Å². The van der Waals surface area contributed by atoms with Crippen LogP contribution in [0.15, 0.2) is 114 Å². The second kappa shape index (κ2) is 13.7. The molecule has 0 spiro atoms. The van der Waals surface area contributed by atoms with Gasteiger partial charge >= 0.3 is 5.97 Å². The van der Waals surface area contributed by atoms with Crippen molar-refractivity contribution in [3.8, 4) is 5.69 Å². The smallest absolute Gasteiger partial charge is 0.323 e. The van der Waals surface area contributed by atoms with Crippen molar-refractivity contribution in [2.24, 2.45) is 0 Å². The lowest BCUT2D eigenvalue weighted by Crippen LogP contribution is -2.35. The molecule has 11 heteroatoms. The number of rotatable bonds is 11. The summed E-state index contributed by atoms with van der Waals surface area (Å²) in [6.45, 7) is -0.302. The Bertz CT molecular complexity index is 1770. The van der Waals surface area contributed by atoms with E-state index in [9.17, 15) is 23.9 Å². The van der Waals surface area contributed by atoms with Gasteiger partial charge in [0.25, 0.3) is 11.5 Å². The summed E-state index contributed by atoms with van der Waals surface area (Å²) >= 11 is 1.32. The normalized spacial score (nSPS) is 10.8. The summed E-state index contributed by atoms with van der Waals surface area (Å²) in [5, 5.41) is 9.84. The molecule has 0 saturated carbocycles. The first-order valence-corrected chi connectivity index (χ1v) is 14.2. The van der Waals surface area contributed by atoms with Gasteiger partial charge in [0, 0.05) is 54.1 Å². The molecule has 0 aliphatic heterocycles. The third-order valence-electron chi connectivity index (χ3n) is 6.47. The lowest BCUT2D eigenvalue weighted by Gasteiger charge is -2.21. The van der Waals surface area contributed by atoms with Gasteiger partial charge in [0.05, 0.1) is 0 Å². The second-order valence-corrected chi connectivity index (χ2v) is 10.6. The average molecular weight is 596 g/mol. The lowest BCUT2D eigenvalue weighted by molar-refractivity contribution is -0.137. The minimum absolute atomic E-state index is 0.147. The molecule has 0 radical (unpaired) electrons. The highest BCUT2D eigenvalue weighted by molar-refractivity contribution is 7.98. The van der Waals surface area contributed by atoms with E-state index in [1.54, 1.807) is 59.6 Å².